The van der Waals surface area contributed by atoms with Gasteiger partial charge in [-0.25, -0.2) is 9.79 Å². The molecule has 0 unspecified atom stereocenters. The van der Waals surface area contributed by atoms with E-state index < -0.39 is 5.97 Å². The van der Waals surface area contributed by atoms with Gasteiger partial charge >= 0.3 is 5.97 Å². The Morgan fingerprint density at radius 1 is 1.35 bits per heavy atom. The van der Waals surface area contributed by atoms with Gasteiger partial charge in [0.1, 0.15) is 12.0 Å². The van der Waals surface area contributed by atoms with Crippen LogP contribution in [0.2, 0.25) is 0 Å². The summed E-state index contributed by atoms with van der Waals surface area (Å²) in [7, 11) is 1.60. The van der Waals surface area contributed by atoms with E-state index in [0.717, 1.165) is 18.6 Å². The maximum Gasteiger partial charge on any atom is 0.349 e. The molecule has 1 rings (SSSR count). The lowest BCUT2D eigenvalue weighted by Crippen LogP contribution is -2.06. The summed E-state index contributed by atoms with van der Waals surface area (Å²) in [5.74, 6) is 0.351. The average molecular weight is 235 g/mol. The Kier molecular flexibility index (Phi) is 5.79. The molecule has 92 valence electrons. The molecule has 0 aliphatic heterocycles. The summed E-state index contributed by atoms with van der Waals surface area (Å²) in [6.45, 7) is 2.49. The molecule has 0 N–H and O–H groups in total. The summed E-state index contributed by atoms with van der Waals surface area (Å²) in [5, 5.41) is 0. The Labute approximate surface area is 101 Å². The number of benzene rings is 1. The fourth-order valence-electron chi connectivity index (χ4n) is 1.15. The molecule has 1 aromatic rings. The van der Waals surface area contributed by atoms with E-state index in [9.17, 15) is 4.79 Å². The van der Waals surface area contributed by atoms with Gasteiger partial charge in [0.15, 0.2) is 0 Å². The maximum atomic E-state index is 11.2. The molecule has 0 amide bonds. The molecule has 0 radical (unpaired) electrons. The normalized spacial score (nSPS) is 10.5. The van der Waals surface area contributed by atoms with Crippen LogP contribution >= 0.6 is 0 Å². The van der Waals surface area contributed by atoms with E-state index in [0.29, 0.717) is 12.3 Å². The van der Waals surface area contributed by atoms with Crippen molar-refractivity contribution in [2.45, 2.75) is 19.8 Å². The Morgan fingerprint density at radius 3 is 2.65 bits per heavy atom. The van der Waals surface area contributed by atoms with Crippen molar-refractivity contribution < 1.29 is 14.3 Å². The van der Waals surface area contributed by atoms with Crippen molar-refractivity contribution >= 4 is 17.9 Å². The second-order valence-corrected chi connectivity index (χ2v) is 3.48. The molecule has 0 bridgehead atoms. The number of carbonyl (C=O) groups is 1. The van der Waals surface area contributed by atoms with Crippen LogP contribution < -0.4 is 4.74 Å². The maximum absolute atomic E-state index is 11.2. The number of nitrogens with zero attached hydrogens (tertiary/aromatic N) is 1. The highest BCUT2D eigenvalue weighted by Gasteiger charge is 1.97. The summed E-state index contributed by atoms with van der Waals surface area (Å²) in [4.78, 5) is 15.2. The summed E-state index contributed by atoms with van der Waals surface area (Å²) < 4.78 is 9.95. The zero-order valence-corrected chi connectivity index (χ0v) is 10.2. The molecule has 0 aliphatic carbocycles. The first-order valence-corrected chi connectivity index (χ1v) is 5.61. The molecule has 0 saturated carbocycles. The third-order valence-corrected chi connectivity index (χ3v) is 2.13. The quantitative estimate of drug-likeness (QED) is 0.432. The summed E-state index contributed by atoms with van der Waals surface area (Å²) in [6.07, 6.45) is 3.07. The summed E-state index contributed by atoms with van der Waals surface area (Å²) in [6, 6.07) is 7.12. The SMILES string of the molecule is CCCCOC(=O)C=Nc1ccc(OC)cc1. The molecule has 0 heterocycles. The third-order valence-electron chi connectivity index (χ3n) is 2.13. The van der Waals surface area contributed by atoms with Crippen LogP contribution in [0.3, 0.4) is 0 Å². The van der Waals surface area contributed by atoms with E-state index in [2.05, 4.69) is 4.99 Å². The van der Waals surface area contributed by atoms with E-state index in [1.165, 1.54) is 6.21 Å². The third kappa shape index (κ3) is 5.15. The monoisotopic (exact) mass is 235 g/mol. The minimum atomic E-state index is -0.408. The smallest absolute Gasteiger partial charge is 0.349 e. The number of carbonyl (C=O) groups excluding carboxylic acids is 1. The summed E-state index contributed by atoms with van der Waals surface area (Å²) in [5.41, 5.74) is 0.693. The van der Waals surface area contributed by atoms with Gasteiger partial charge in [0.25, 0.3) is 0 Å². The largest absolute Gasteiger partial charge is 0.497 e. The topological polar surface area (TPSA) is 47.9 Å². The van der Waals surface area contributed by atoms with Crippen molar-refractivity contribution in [3.8, 4) is 5.75 Å². The molecular weight excluding hydrogens is 218 g/mol. The van der Waals surface area contributed by atoms with Gasteiger partial charge in [0, 0.05) is 0 Å². The number of hydrogen-bond acceptors (Lipinski definition) is 4. The lowest BCUT2D eigenvalue weighted by molar-refractivity contribution is -0.135. The van der Waals surface area contributed by atoms with Gasteiger partial charge in [-0.15, -0.1) is 0 Å². The van der Waals surface area contributed by atoms with Crippen molar-refractivity contribution in [2.75, 3.05) is 13.7 Å². The minimum Gasteiger partial charge on any atom is -0.497 e. The van der Waals surface area contributed by atoms with E-state index in [1.807, 2.05) is 6.92 Å². The molecule has 0 aliphatic rings. The van der Waals surface area contributed by atoms with Crippen LogP contribution in [0, 0.1) is 0 Å². The molecule has 4 nitrogen and oxygen atoms in total. The number of unbranched alkanes of at least 4 members (excludes halogenated alkanes) is 1. The van der Waals surface area contributed by atoms with Crippen LogP contribution in [0.4, 0.5) is 5.69 Å². The molecule has 17 heavy (non-hydrogen) atoms. The number of hydrogen-bond donors (Lipinski definition) is 0. The van der Waals surface area contributed by atoms with Crippen LogP contribution in [-0.4, -0.2) is 25.9 Å². The Hall–Kier alpha value is -1.84. The van der Waals surface area contributed by atoms with Crippen molar-refractivity contribution in [1.82, 2.24) is 0 Å². The number of rotatable bonds is 6. The molecule has 0 fully saturated rings. The van der Waals surface area contributed by atoms with Gasteiger partial charge in [0.05, 0.1) is 19.4 Å². The Morgan fingerprint density at radius 2 is 2.06 bits per heavy atom. The zero-order chi connectivity index (χ0) is 12.5. The first kappa shape index (κ1) is 13.2. The Balaban J connectivity index is 2.43. The van der Waals surface area contributed by atoms with Crippen LogP contribution in [0.25, 0.3) is 0 Å². The predicted molar refractivity (Wildman–Crippen MR) is 67.0 cm³/mol. The van der Waals surface area contributed by atoms with E-state index >= 15 is 0 Å². The average Bonchev–Trinajstić information content (AvgIpc) is 2.37. The standard InChI is InChI=1S/C13H17NO3/c1-3-4-9-17-13(15)10-14-11-5-7-12(16-2)8-6-11/h5-8,10H,3-4,9H2,1-2H3. The van der Waals surface area contributed by atoms with Gasteiger partial charge in [0.2, 0.25) is 0 Å². The first-order valence-electron chi connectivity index (χ1n) is 5.61. The highest BCUT2D eigenvalue weighted by molar-refractivity contribution is 6.23. The highest BCUT2D eigenvalue weighted by atomic mass is 16.5. The van der Waals surface area contributed by atoms with Crippen LogP contribution in [0.1, 0.15) is 19.8 Å². The summed E-state index contributed by atoms with van der Waals surface area (Å²) >= 11 is 0. The van der Waals surface area contributed by atoms with Gasteiger partial charge in [-0.2, -0.15) is 0 Å². The number of methoxy groups -OCH3 is 1. The van der Waals surface area contributed by atoms with E-state index in [1.54, 1.807) is 31.4 Å². The molecule has 0 aromatic heterocycles. The fraction of sp³-hybridized carbons (Fsp3) is 0.385. The van der Waals surface area contributed by atoms with Crippen molar-refractivity contribution in [3.63, 3.8) is 0 Å². The molecule has 1 aromatic carbocycles. The zero-order valence-electron chi connectivity index (χ0n) is 10.2. The molecule has 0 atom stereocenters. The molecule has 4 heteroatoms. The second kappa shape index (κ2) is 7.44. The van der Waals surface area contributed by atoms with Crippen molar-refractivity contribution in [3.05, 3.63) is 24.3 Å². The van der Waals surface area contributed by atoms with Gasteiger partial charge < -0.3 is 9.47 Å². The van der Waals surface area contributed by atoms with Crippen molar-refractivity contribution in [1.29, 1.82) is 0 Å². The van der Waals surface area contributed by atoms with E-state index in [4.69, 9.17) is 9.47 Å². The van der Waals surface area contributed by atoms with Crippen LogP contribution in [0.15, 0.2) is 29.3 Å². The number of esters is 1. The molecule has 0 spiro atoms. The highest BCUT2D eigenvalue weighted by Crippen LogP contribution is 2.16. The van der Waals surface area contributed by atoms with Crippen LogP contribution in [0.5, 0.6) is 5.75 Å². The second-order valence-electron chi connectivity index (χ2n) is 3.48. The molecule has 0 saturated heterocycles. The first-order chi connectivity index (χ1) is 8.26. The van der Waals surface area contributed by atoms with Gasteiger partial charge in [-0.3, -0.25) is 0 Å². The minimum absolute atomic E-state index is 0.408. The predicted octanol–water partition coefficient (Wildman–Crippen LogP) is 2.74. The number of aliphatic imine (C=N–C) groups is 1. The lowest BCUT2D eigenvalue weighted by atomic mass is 10.3. The van der Waals surface area contributed by atoms with Gasteiger partial charge in [-0.1, -0.05) is 13.3 Å². The van der Waals surface area contributed by atoms with Gasteiger partial charge in [-0.05, 0) is 30.7 Å². The van der Waals surface area contributed by atoms with E-state index in [-0.39, 0.29) is 0 Å². The number of ether oxygens (including phenoxy) is 2. The Bertz CT molecular complexity index is 371. The molecular formula is C13H17NO3. The lowest BCUT2D eigenvalue weighted by Gasteiger charge is -2.00. The van der Waals surface area contributed by atoms with Crippen LogP contribution in [-0.2, 0) is 9.53 Å². The van der Waals surface area contributed by atoms with Crippen molar-refractivity contribution in [2.24, 2.45) is 4.99 Å². The fourth-order valence-corrected chi connectivity index (χ4v) is 1.15.